The van der Waals surface area contributed by atoms with Gasteiger partial charge in [0.1, 0.15) is 17.5 Å². The van der Waals surface area contributed by atoms with Crippen molar-refractivity contribution in [1.82, 2.24) is 10.3 Å². The molecule has 4 rings (SSSR count). The molecule has 3 aromatic rings. The summed E-state index contributed by atoms with van der Waals surface area (Å²) in [7, 11) is 0. The number of nitrogens with zero attached hydrogens (tertiary/aromatic N) is 2. The molecule has 0 aliphatic carbocycles. The summed E-state index contributed by atoms with van der Waals surface area (Å²) >= 11 is 0. The molecule has 2 heterocycles. The summed E-state index contributed by atoms with van der Waals surface area (Å²) in [5.41, 5.74) is 4.92. The Kier molecular flexibility index (Phi) is 11.2. The largest absolute Gasteiger partial charge is 0.368 e. The van der Waals surface area contributed by atoms with Gasteiger partial charge in [0, 0.05) is 42.0 Å². The second-order valence-corrected chi connectivity index (χ2v) is 11.0. The van der Waals surface area contributed by atoms with Crippen LogP contribution in [0.15, 0.2) is 48.8 Å². The number of carbonyl (C=O) groups is 2. The van der Waals surface area contributed by atoms with Crippen LogP contribution in [-0.2, 0) is 0 Å². The van der Waals surface area contributed by atoms with Crippen molar-refractivity contribution in [3.63, 3.8) is 0 Å². The molecule has 1 aromatic heterocycles. The molecule has 2 aromatic carbocycles. The Morgan fingerprint density at radius 3 is 2.34 bits per heavy atom. The van der Waals surface area contributed by atoms with Crippen LogP contribution >= 0.6 is 24.8 Å². The van der Waals surface area contributed by atoms with Gasteiger partial charge in [-0.05, 0) is 69.5 Å². The van der Waals surface area contributed by atoms with E-state index in [1.807, 2.05) is 4.90 Å². The average molecular weight is 613 g/mol. The molecule has 0 saturated carbocycles. The lowest BCUT2D eigenvalue weighted by Crippen LogP contribution is -2.46. The number of pyridine rings is 1. The molecule has 0 radical (unpaired) electrons. The first-order chi connectivity index (χ1) is 18.3. The number of benzene rings is 2. The second-order valence-electron chi connectivity index (χ2n) is 11.0. The van der Waals surface area contributed by atoms with E-state index in [0.29, 0.717) is 30.4 Å². The van der Waals surface area contributed by atoms with Crippen LogP contribution in [0.5, 0.6) is 0 Å². The molecule has 0 spiro atoms. The van der Waals surface area contributed by atoms with Crippen LogP contribution in [0.4, 0.5) is 24.5 Å². The average Bonchev–Trinajstić information content (AvgIpc) is 2.83. The van der Waals surface area contributed by atoms with E-state index in [-0.39, 0.29) is 36.4 Å². The van der Waals surface area contributed by atoms with Gasteiger partial charge in [0.05, 0.1) is 28.7 Å². The zero-order valence-electron chi connectivity index (χ0n) is 23.1. The summed E-state index contributed by atoms with van der Waals surface area (Å²) < 4.78 is 45.4. The van der Waals surface area contributed by atoms with Gasteiger partial charge in [-0.25, -0.2) is 13.2 Å². The number of halogens is 5. The van der Waals surface area contributed by atoms with Crippen molar-refractivity contribution in [2.24, 2.45) is 11.7 Å². The third kappa shape index (κ3) is 7.90. The minimum atomic E-state index is -1.25. The number of anilines is 2. The van der Waals surface area contributed by atoms with E-state index in [2.05, 4.69) is 22.5 Å². The Balaban J connectivity index is 0.00000294. The number of amides is 2. The fourth-order valence-electron chi connectivity index (χ4n) is 4.79. The maximum Gasteiger partial charge on any atom is 0.258 e. The SMILES string of the molecule is C[C@@H]1C[C@H](N)CN(c2ccncc2NC(=O)c2ccc(F)c(-c3cc(C(=O)NC(C)(C)C)ccc3F)c2F)C1.Cl.Cl. The van der Waals surface area contributed by atoms with Crippen molar-refractivity contribution >= 4 is 48.0 Å². The summed E-state index contributed by atoms with van der Waals surface area (Å²) in [5.74, 6) is -4.33. The first-order valence-corrected chi connectivity index (χ1v) is 12.7. The summed E-state index contributed by atoms with van der Waals surface area (Å²) in [6.45, 7) is 8.68. The fourth-order valence-corrected chi connectivity index (χ4v) is 4.79. The highest BCUT2D eigenvalue weighted by Crippen LogP contribution is 2.33. The van der Waals surface area contributed by atoms with Crippen LogP contribution < -0.4 is 21.3 Å². The Morgan fingerprint density at radius 2 is 1.68 bits per heavy atom. The molecule has 7 nitrogen and oxygen atoms in total. The van der Waals surface area contributed by atoms with Gasteiger partial charge in [-0.15, -0.1) is 24.8 Å². The minimum Gasteiger partial charge on any atom is -0.368 e. The number of piperidine rings is 1. The van der Waals surface area contributed by atoms with Crippen molar-refractivity contribution < 1.29 is 22.8 Å². The van der Waals surface area contributed by atoms with Gasteiger partial charge in [0.25, 0.3) is 11.8 Å². The number of aromatic nitrogens is 1. The Labute approximate surface area is 249 Å². The molecule has 2 atom stereocenters. The number of nitrogens with one attached hydrogen (secondary N) is 2. The van der Waals surface area contributed by atoms with Gasteiger partial charge in [-0.3, -0.25) is 14.6 Å². The molecule has 41 heavy (non-hydrogen) atoms. The summed E-state index contributed by atoms with van der Waals surface area (Å²) in [6, 6.07) is 6.83. The molecule has 12 heteroatoms. The van der Waals surface area contributed by atoms with Crippen LogP contribution in [0, 0.1) is 23.4 Å². The molecule has 1 saturated heterocycles. The summed E-state index contributed by atoms with van der Waals surface area (Å²) in [5, 5.41) is 5.39. The van der Waals surface area contributed by atoms with Gasteiger partial charge in [-0.1, -0.05) is 6.92 Å². The number of carbonyl (C=O) groups excluding carboxylic acids is 2. The zero-order valence-corrected chi connectivity index (χ0v) is 24.8. The molecule has 1 aliphatic rings. The van der Waals surface area contributed by atoms with E-state index in [4.69, 9.17) is 5.73 Å². The van der Waals surface area contributed by atoms with Gasteiger partial charge in [0.15, 0.2) is 0 Å². The van der Waals surface area contributed by atoms with Crippen LogP contribution in [0.1, 0.15) is 54.8 Å². The highest BCUT2D eigenvalue weighted by Gasteiger charge is 2.27. The first kappa shape index (κ1) is 33.9. The van der Waals surface area contributed by atoms with E-state index < -0.39 is 51.5 Å². The molecule has 0 unspecified atom stereocenters. The normalized spacial score (nSPS) is 16.7. The van der Waals surface area contributed by atoms with Gasteiger partial charge in [0.2, 0.25) is 0 Å². The Morgan fingerprint density at radius 1 is 1.00 bits per heavy atom. The molecule has 1 fully saturated rings. The van der Waals surface area contributed by atoms with E-state index in [0.717, 1.165) is 30.7 Å². The third-order valence-corrected chi connectivity index (χ3v) is 6.40. The Hall–Kier alpha value is -3.34. The van der Waals surface area contributed by atoms with E-state index in [9.17, 15) is 18.4 Å². The van der Waals surface area contributed by atoms with Crippen LogP contribution in [0.25, 0.3) is 11.1 Å². The van der Waals surface area contributed by atoms with Gasteiger partial charge < -0.3 is 21.3 Å². The lowest BCUT2D eigenvalue weighted by Gasteiger charge is -2.37. The quantitative estimate of drug-likeness (QED) is 0.330. The number of hydrogen-bond acceptors (Lipinski definition) is 5. The molecule has 2 amide bonds. The first-order valence-electron chi connectivity index (χ1n) is 12.7. The van der Waals surface area contributed by atoms with Crippen LogP contribution in [0.3, 0.4) is 0 Å². The van der Waals surface area contributed by atoms with Crippen molar-refractivity contribution in [1.29, 1.82) is 0 Å². The van der Waals surface area contributed by atoms with Crippen molar-refractivity contribution in [2.45, 2.75) is 45.7 Å². The molecule has 4 N–H and O–H groups in total. The van der Waals surface area contributed by atoms with Crippen LogP contribution in [0.2, 0.25) is 0 Å². The predicted molar refractivity (Wildman–Crippen MR) is 160 cm³/mol. The smallest absolute Gasteiger partial charge is 0.258 e. The maximum atomic E-state index is 15.7. The van der Waals surface area contributed by atoms with Crippen LogP contribution in [-0.4, -0.2) is 41.5 Å². The van der Waals surface area contributed by atoms with E-state index in [1.165, 1.54) is 12.3 Å². The monoisotopic (exact) mass is 611 g/mol. The lowest BCUT2D eigenvalue weighted by molar-refractivity contribution is 0.0918. The van der Waals surface area contributed by atoms with E-state index >= 15 is 4.39 Å². The Bertz CT molecular complexity index is 1410. The van der Waals surface area contributed by atoms with Crippen molar-refractivity contribution in [2.75, 3.05) is 23.3 Å². The van der Waals surface area contributed by atoms with Gasteiger partial charge in [-0.2, -0.15) is 0 Å². The third-order valence-electron chi connectivity index (χ3n) is 6.40. The fraction of sp³-hybridized carbons (Fsp3) is 0.345. The topological polar surface area (TPSA) is 100 Å². The number of nitrogens with two attached hydrogens (primary N) is 1. The summed E-state index contributed by atoms with van der Waals surface area (Å²) in [4.78, 5) is 31.9. The standard InChI is InChI=1S/C29H32F3N5O2.2ClH/c1-16-11-18(33)15-37(14-16)24-9-10-34-13-23(24)35-28(39)19-6-8-22(31)25(26(19)32)20-12-17(5-7-21(20)30)27(38)36-29(2,3)4;;/h5-10,12-13,16,18H,11,14-15,33H2,1-4H3,(H,35,39)(H,36,38);2*1H/t16-,18+;;/m1../s1. The maximum absolute atomic E-state index is 15.7. The number of rotatable bonds is 5. The zero-order chi connectivity index (χ0) is 28.5. The highest BCUT2D eigenvalue weighted by atomic mass is 35.5. The van der Waals surface area contributed by atoms with Gasteiger partial charge >= 0.3 is 0 Å². The predicted octanol–water partition coefficient (Wildman–Crippen LogP) is 5.96. The number of hydrogen-bond donors (Lipinski definition) is 3. The molecular weight excluding hydrogens is 578 g/mol. The molecule has 222 valence electrons. The summed E-state index contributed by atoms with van der Waals surface area (Å²) in [6.07, 6.45) is 3.90. The second kappa shape index (κ2) is 13.5. The van der Waals surface area contributed by atoms with E-state index in [1.54, 1.807) is 33.0 Å². The van der Waals surface area contributed by atoms with Crippen molar-refractivity contribution in [3.05, 3.63) is 77.4 Å². The molecule has 0 bridgehead atoms. The van der Waals surface area contributed by atoms with Crippen molar-refractivity contribution in [3.8, 4) is 11.1 Å². The molecule has 1 aliphatic heterocycles. The molecular formula is C29H34Cl2F3N5O2. The minimum absolute atomic E-state index is 0. The highest BCUT2D eigenvalue weighted by molar-refractivity contribution is 6.07. The lowest BCUT2D eigenvalue weighted by atomic mass is 9.96.